The van der Waals surface area contributed by atoms with E-state index in [-0.39, 0.29) is 69.8 Å². The molecule has 3 aromatic rings. The van der Waals surface area contributed by atoms with Crippen LogP contribution in [0.2, 0.25) is 0 Å². The number of Topliss-reactive ketones (excluding diaryl/α,β-unsaturated/α-hetero) is 2. The highest BCUT2D eigenvalue weighted by Gasteiger charge is 2.46. The highest BCUT2D eigenvalue weighted by atomic mass is 32.2. The summed E-state index contributed by atoms with van der Waals surface area (Å²) < 4.78 is 70.3. The lowest BCUT2D eigenvalue weighted by atomic mass is 9.90. The van der Waals surface area contributed by atoms with Crippen LogP contribution in [0.4, 0.5) is 0 Å². The van der Waals surface area contributed by atoms with Gasteiger partial charge < -0.3 is 9.80 Å². The van der Waals surface area contributed by atoms with Gasteiger partial charge in [0.05, 0.1) is 6.54 Å². The second kappa shape index (κ2) is 12.3. The minimum absolute atomic E-state index is 0.0296. The van der Waals surface area contributed by atoms with Crippen molar-refractivity contribution in [1.82, 2.24) is 14.4 Å². The van der Waals surface area contributed by atoms with Gasteiger partial charge in [-0.2, -0.15) is 16.8 Å². The van der Waals surface area contributed by atoms with Crippen LogP contribution in [-0.4, -0.2) is 75.9 Å². The number of likely N-dealkylation sites (N-methyl/N-ethyl adjacent to an activating group) is 1. The maximum atomic E-state index is 13.5. The molecule has 0 radical (unpaired) electrons. The van der Waals surface area contributed by atoms with E-state index in [1.54, 1.807) is 38.1 Å². The number of hydrogen-bond donors (Lipinski definition) is 2. The Kier molecular flexibility index (Phi) is 8.44. The maximum absolute atomic E-state index is 13.5. The first-order valence-electron chi connectivity index (χ1n) is 15.0. The van der Waals surface area contributed by atoms with E-state index < -0.39 is 55.1 Å². The molecule has 0 bridgehead atoms. The molecule has 2 N–H and O–H groups in total. The van der Waals surface area contributed by atoms with Gasteiger partial charge in [0, 0.05) is 34.9 Å². The van der Waals surface area contributed by atoms with E-state index in [2.05, 4.69) is 0 Å². The Morgan fingerprint density at radius 1 is 0.673 bits per heavy atom. The molecule has 252 valence electrons. The van der Waals surface area contributed by atoms with Gasteiger partial charge in [-0.25, -0.2) is 9.13 Å². The van der Waals surface area contributed by atoms with E-state index >= 15 is 0 Å². The van der Waals surface area contributed by atoms with Crippen LogP contribution in [0.15, 0.2) is 90.1 Å². The molecular formula is C33H29N4O10S2+. The Hall–Kier alpha value is -5.29. The van der Waals surface area contributed by atoms with Gasteiger partial charge in [-0.05, 0) is 19.9 Å². The van der Waals surface area contributed by atoms with Crippen LogP contribution in [0.25, 0.3) is 6.08 Å². The number of rotatable bonds is 9. The summed E-state index contributed by atoms with van der Waals surface area (Å²) in [6, 6.07) is 12.3. The summed E-state index contributed by atoms with van der Waals surface area (Å²) in [7, 11) is -9.36. The van der Waals surface area contributed by atoms with Crippen LogP contribution < -0.4 is 4.57 Å². The van der Waals surface area contributed by atoms with Crippen molar-refractivity contribution in [3.05, 3.63) is 130 Å². The number of hydrogen-bond acceptors (Lipinski definition) is 10. The van der Waals surface area contributed by atoms with Gasteiger partial charge in [-0.15, -0.1) is 0 Å². The molecule has 0 atom stereocenters. The maximum Gasteiger partial charge on any atom is 0.304 e. The van der Waals surface area contributed by atoms with Crippen molar-refractivity contribution in [3.63, 3.8) is 0 Å². The molecule has 2 aromatic carbocycles. The summed E-state index contributed by atoms with van der Waals surface area (Å²) in [5, 5.41) is 0. The number of benzene rings is 2. The molecule has 14 nitrogen and oxygen atoms in total. The number of ketones is 4. The van der Waals surface area contributed by atoms with Crippen molar-refractivity contribution in [2.75, 3.05) is 12.4 Å². The number of carbonyl (C=O) groups is 4. The summed E-state index contributed by atoms with van der Waals surface area (Å²) in [6.45, 7) is 3.72. The fourth-order valence-electron chi connectivity index (χ4n) is 6.39. The van der Waals surface area contributed by atoms with Crippen molar-refractivity contribution in [2.45, 2.75) is 26.3 Å². The third-order valence-electron chi connectivity index (χ3n) is 8.26. The Labute approximate surface area is 281 Å². The molecule has 2 heterocycles. The summed E-state index contributed by atoms with van der Waals surface area (Å²) in [5.41, 5.74) is 0.0882. The fourth-order valence-corrected chi connectivity index (χ4v) is 7.56. The molecule has 0 saturated carbocycles. The van der Waals surface area contributed by atoms with E-state index in [9.17, 15) is 45.1 Å². The van der Waals surface area contributed by atoms with Crippen LogP contribution in [0.3, 0.4) is 0 Å². The highest BCUT2D eigenvalue weighted by molar-refractivity contribution is 7.85. The van der Waals surface area contributed by atoms with E-state index in [0.29, 0.717) is 0 Å². The number of nitrogens with zero attached hydrogens (tertiary/aromatic N) is 4. The van der Waals surface area contributed by atoms with Crippen LogP contribution in [0, 0.1) is 0 Å². The first-order valence-corrected chi connectivity index (χ1v) is 18.2. The largest absolute Gasteiger partial charge is 0.323 e. The standard InChI is InChI=1S/C33H28N4O10S2/c1-3-34-24(36(18-48(42,43)44)28-26(34)30(38)20-12-8-10-14-22(20)32(28)40)16-6-5-7-17-25-35(4-2)27-29(37(25)19-49(45,46)47)33(41)23-15-11-9-13-21(23)31(27)39/h5-17H,3-4,18-19H2,1-2H3,(H-,42,43,44,45,46,47)/p+1. The van der Waals surface area contributed by atoms with Crippen LogP contribution in [-0.2, 0) is 32.7 Å². The molecular weight excluding hydrogens is 677 g/mol. The minimum atomic E-state index is -4.68. The summed E-state index contributed by atoms with van der Waals surface area (Å²) in [4.78, 5) is 56.7. The van der Waals surface area contributed by atoms with Gasteiger partial charge >= 0.3 is 10.1 Å². The zero-order valence-electron chi connectivity index (χ0n) is 26.1. The second-order valence-electron chi connectivity index (χ2n) is 11.2. The number of allylic oxidation sites excluding steroid dienone is 6. The van der Waals surface area contributed by atoms with Crippen molar-refractivity contribution in [2.24, 2.45) is 0 Å². The molecule has 0 fully saturated rings. The summed E-state index contributed by atoms with van der Waals surface area (Å²) in [6.07, 6.45) is 7.27. The molecule has 1 aromatic heterocycles. The monoisotopic (exact) mass is 705 g/mol. The van der Waals surface area contributed by atoms with Gasteiger partial charge in [-0.1, -0.05) is 66.8 Å². The third kappa shape index (κ3) is 5.78. The molecule has 2 aliphatic carbocycles. The van der Waals surface area contributed by atoms with Gasteiger partial charge in [0.2, 0.25) is 40.4 Å². The fraction of sp³-hybridized carbons (Fsp3) is 0.182. The molecule has 49 heavy (non-hydrogen) atoms. The Morgan fingerprint density at radius 2 is 1.20 bits per heavy atom. The number of carbonyl (C=O) groups excluding carboxylic acids is 4. The Morgan fingerprint density at radius 3 is 1.71 bits per heavy atom. The van der Waals surface area contributed by atoms with Crippen molar-refractivity contribution in [1.29, 1.82) is 0 Å². The summed E-state index contributed by atoms with van der Waals surface area (Å²) >= 11 is 0. The van der Waals surface area contributed by atoms with Crippen molar-refractivity contribution < 1.29 is 49.7 Å². The van der Waals surface area contributed by atoms with E-state index in [1.807, 2.05) is 0 Å². The molecule has 16 heteroatoms. The minimum Gasteiger partial charge on any atom is -0.323 e. The first kappa shape index (κ1) is 33.6. The quantitative estimate of drug-likeness (QED) is 0.147. The number of imidazole rings is 1. The second-order valence-corrected chi connectivity index (χ2v) is 14.0. The smallest absolute Gasteiger partial charge is 0.304 e. The highest BCUT2D eigenvalue weighted by Crippen LogP contribution is 2.40. The zero-order chi connectivity index (χ0) is 35.4. The van der Waals surface area contributed by atoms with Crippen molar-refractivity contribution in [3.8, 4) is 0 Å². The van der Waals surface area contributed by atoms with Crippen molar-refractivity contribution >= 4 is 49.4 Å². The number of aromatic nitrogens is 2. The molecule has 0 saturated heterocycles. The van der Waals surface area contributed by atoms with Gasteiger partial charge in [0.25, 0.3) is 15.9 Å². The SMILES string of the molecule is CCN1C(=CC=CC=Cc2n(CC)c3c([n+]2CS(=O)(=O)O)C(=O)c2ccccc2C3=O)N(CS(=O)(=O)O)C2=C1C(=O)c1ccccc1C2=O. The molecule has 0 amide bonds. The Bertz CT molecular complexity index is 2350. The predicted octanol–water partition coefficient (Wildman–Crippen LogP) is 2.60. The Balaban J connectivity index is 1.41. The molecule has 6 rings (SSSR count). The average molecular weight is 706 g/mol. The average Bonchev–Trinajstić information content (AvgIpc) is 3.52. The van der Waals surface area contributed by atoms with E-state index in [4.69, 9.17) is 0 Å². The normalized spacial score (nSPS) is 17.1. The van der Waals surface area contributed by atoms with E-state index in [1.165, 1.54) is 64.1 Å². The van der Waals surface area contributed by atoms with E-state index in [0.717, 1.165) is 9.47 Å². The lowest BCUT2D eigenvalue weighted by Crippen LogP contribution is -2.45. The lowest BCUT2D eigenvalue weighted by Gasteiger charge is -2.24. The lowest BCUT2D eigenvalue weighted by molar-refractivity contribution is -0.681. The summed E-state index contributed by atoms with van der Waals surface area (Å²) in [5.74, 6) is -3.92. The first-order chi connectivity index (χ1) is 23.2. The third-order valence-corrected chi connectivity index (χ3v) is 9.43. The van der Waals surface area contributed by atoms with Gasteiger partial charge in [0.15, 0.2) is 5.88 Å². The molecule has 0 spiro atoms. The zero-order valence-corrected chi connectivity index (χ0v) is 27.7. The molecule has 1 aliphatic heterocycles. The molecule has 0 unspecified atom stereocenters. The van der Waals surface area contributed by atoms with Crippen LogP contribution in [0.1, 0.15) is 72.5 Å². The van der Waals surface area contributed by atoms with Crippen LogP contribution in [0.5, 0.6) is 0 Å². The van der Waals surface area contributed by atoms with Gasteiger partial charge in [0.1, 0.15) is 17.2 Å². The van der Waals surface area contributed by atoms with Gasteiger partial charge in [-0.3, -0.25) is 28.3 Å². The number of fused-ring (bicyclic) bond motifs is 3. The van der Waals surface area contributed by atoms with Crippen LogP contribution >= 0.6 is 0 Å². The topological polar surface area (TPSA) is 192 Å². The molecule has 3 aliphatic rings. The predicted molar refractivity (Wildman–Crippen MR) is 174 cm³/mol.